The van der Waals surface area contributed by atoms with Crippen molar-refractivity contribution in [3.05, 3.63) is 48.5 Å². The Kier molecular flexibility index (Phi) is 2.88. The lowest BCUT2D eigenvalue weighted by Gasteiger charge is -2.06. The fourth-order valence-electron chi connectivity index (χ4n) is 1.23. The average molecular weight is 204 g/mol. The van der Waals surface area contributed by atoms with Gasteiger partial charge in [0, 0.05) is 6.20 Å². The van der Waals surface area contributed by atoms with E-state index in [2.05, 4.69) is 4.98 Å². The van der Waals surface area contributed by atoms with Gasteiger partial charge in [-0.15, -0.1) is 0 Å². The van der Waals surface area contributed by atoms with Gasteiger partial charge in [-0.2, -0.15) is 4.73 Å². The van der Waals surface area contributed by atoms with Crippen molar-refractivity contribution in [2.24, 2.45) is 0 Å². The Morgan fingerprint density at radius 2 is 2.33 bits per heavy atom. The van der Waals surface area contributed by atoms with Gasteiger partial charge in [0.1, 0.15) is 18.7 Å². The molecule has 0 amide bonds. The Morgan fingerprint density at radius 1 is 1.40 bits per heavy atom. The summed E-state index contributed by atoms with van der Waals surface area (Å²) in [5.41, 5.74) is 1.06. The summed E-state index contributed by atoms with van der Waals surface area (Å²) in [7, 11) is 1.65. The van der Waals surface area contributed by atoms with Crippen LogP contribution in [0.4, 0.5) is 0 Å². The molecule has 0 radical (unpaired) electrons. The Morgan fingerprint density at radius 3 is 3.07 bits per heavy atom. The summed E-state index contributed by atoms with van der Waals surface area (Å²) in [6.45, 7) is 0.494. The topological polar surface area (TPSA) is 36.3 Å². The third kappa shape index (κ3) is 2.49. The van der Waals surface area contributed by atoms with Crippen LogP contribution in [0, 0.1) is 0 Å². The molecule has 0 aliphatic carbocycles. The number of hydrogen-bond acceptors (Lipinski definition) is 3. The Balaban J connectivity index is 1.98. The SMILES string of the molecule is COc1cccc(COn2ccnc2)c1. The highest BCUT2D eigenvalue weighted by Crippen LogP contribution is 2.12. The van der Waals surface area contributed by atoms with Gasteiger partial charge in [-0.25, -0.2) is 4.98 Å². The standard InChI is InChI=1S/C11H12N2O2/c1-14-11-4-2-3-10(7-11)8-15-13-6-5-12-9-13/h2-7,9H,8H2,1H3. The van der Waals surface area contributed by atoms with E-state index in [1.54, 1.807) is 30.6 Å². The number of rotatable bonds is 4. The predicted molar refractivity (Wildman–Crippen MR) is 55.5 cm³/mol. The second kappa shape index (κ2) is 4.50. The van der Waals surface area contributed by atoms with Gasteiger partial charge in [0.15, 0.2) is 0 Å². The van der Waals surface area contributed by atoms with Crippen LogP contribution < -0.4 is 9.57 Å². The zero-order chi connectivity index (χ0) is 10.5. The number of ether oxygens (including phenoxy) is 1. The summed E-state index contributed by atoms with van der Waals surface area (Å²) in [4.78, 5) is 9.31. The number of benzene rings is 1. The molecule has 0 atom stereocenters. The first kappa shape index (κ1) is 9.58. The highest BCUT2D eigenvalue weighted by Gasteiger charge is 1.96. The van der Waals surface area contributed by atoms with Gasteiger partial charge >= 0.3 is 0 Å². The Labute approximate surface area is 88.0 Å². The van der Waals surface area contributed by atoms with Crippen LogP contribution in [-0.2, 0) is 6.61 Å². The van der Waals surface area contributed by atoms with Crippen molar-refractivity contribution in [3.63, 3.8) is 0 Å². The zero-order valence-corrected chi connectivity index (χ0v) is 8.46. The lowest BCUT2D eigenvalue weighted by atomic mass is 10.2. The summed E-state index contributed by atoms with van der Waals surface area (Å²) in [5, 5.41) is 0. The number of imidazole rings is 1. The second-order valence-corrected chi connectivity index (χ2v) is 3.05. The molecule has 78 valence electrons. The lowest BCUT2D eigenvalue weighted by molar-refractivity contribution is 0.0968. The van der Waals surface area contributed by atoms with E-state index in [4.69, 9.17) is 9.57 Å². The van der Waals surface area contributed by atoms with Gasteiger partial charge in [-0.1, -0.05) is 12.1 Å². The van der Waals surface area contributed by atoms with E-state index in [-0.39, 0.29) is 0 Å². The number of aromatic nitrogens is 2. The molecule has 0 spiro atoms. The second-order valence-electron chi connectivity index (χ2n) is 3.05. The molecule has 0 bridgehead atoms. The van der Waals surface area contributed by atoms with Crippen molar-refractivity contribution < 1.29 is 9.57 Å². The first-order chi connectivity index (χ1) is 7.38. The largest absolute Gasteiger partial charge is 0.497 e. The van der Waals surface area contributed by atoms with Crippen LogP contribution >= 0.6 is 0 Å². The van der Waals surface area contributed by atoms with Gasteiger partial charge < -0.3 is 9.57 Å². The van der Waals surface area contributed by atoms with E-state index in [9.17, 15) is 0 Å². The molecule has 0 saturated carbocycles. The maximum Gasteiger partial charge on any atom is 0.140 e. The third-order valence-electron chi connectivity index (χ3n) is 1.99. The van der Waals surface area contributed by atoms with E-state index < -0.39 is 0 Å². The van der Waals surface area contributed by atoms with Gasteiger partial charge in [0.2, 0.25) is 0 Å². The first-order valence-corrected chi connectivity index (χ1v) is 4.62. The van der Waals surface area contributed by atoms with Crippen LogP contribution in [0.3, 0.4) is 0 Å². The molecule has 0 aliphatic rings. The predicted octanol–water partition coefficient (Wildman–Crippen LogP) is 1.52. The first-order valence-electron chi connectivity index (χ1n) is 4.62. The minimum absolute atomic E-state index is 0.494. The highest BCUT2D eigenvalue weighted by molar-refractivity contribution is 5.27. The summed E-state index contributed by atoms with van der Waals surface area (Å²) in [6, 6.07) is 7.77. The minimum atomic E-state index is 0.494. The van der Waals surface area contributed by atoms with Gasteiger partial charge in [0.05, 0.1) is 13.3 Å². The molecule has 0 unspecified atom stereocenters. The summed E-state index contributed by atoms with van der Waals surface area (Å²) >= 11 is 0. The van der Waals surface area contributed by atoms with E-state index in [1.807, 2.05) is 24.3 Å². The van der Waals surface area contributed by atoms with E-state index in [1.165, 1.54) is 0 Å². The molecule has 4 heteroatoms. The van der Waals surface area contributed by atoms with Crippen LogP contribution in [0.25, 0.3) is 0 Å². The van der Waals surface area contributed by atoms with Crippen LogP contribution in [0.2, 0.25) is 0 Å². The van der Waals surface area contributed by atoms with Crippen LogP contribution in [-0.4, -0.2) is 16.8 Å². The third-order valence-corrected chi connectivity index (χ3v) is 1.99. The summed E-state index contributed by atoms with van der Waals surface area (Å²) in [5.74, 6) is 0.835. The molecule has 0 fully saturated rings. The van der Waals surface area contributed by atoms with Gasteiger partial charge in [-0.05, 0) is 17.7 Å². The molecule has 1 aromatic carbocycles. The fraction of sp³-hybridized carbons (Fsp3) is 0.182. The number of methoxy groups -OCH3 is 1. The molecular formula is C11H12N2O2. The van der Waals surface area contributed by atoms with Crippen molar-refractivity contribution >= 4 is 0 Å². The molecule has 0 aliphatic heterocycles. The van der Waals surface area contributed by atoms with E-state index >= 15 is 0 Å². The maximum atomic E-state index is 5.43. The van der Waals surface area contributed by atoms with Crippen molar-refractivity contribution in [1.29, 1.82) is 0 Å². The van der Waals surface area contributed by atoms with E-state index in [0.717, 1.165) is 11.3 Å². The van der Waals surface area contributed by atoms with Crippen molar-refractivity contribution in [2.75, 3.05) is 7.11 Å². The van der Waals surface area contributed by atoms with Crippen LogP contribution in [0.1, 0.15) is 5.56 Å². The number of nitrogens with zero attached hydrogens (tertiary/aromatic N) is 2. The van der Waals surface area contributed by atoms with Gasteiger partial charge in [0.25, 0.3) is 0 Å². The van der Waals surface area contributed by atoms with Crippen LogP contribution in [0.15, 0.2) is 43.0 Å². The molecule has 4 nitrogen and oxygen atoms in total. The monoisotopic (exact) mass is 204 g/mol. The molecule has 1 aromatic heterocycles. The molecule has 2 aromatic rings. The zero-order valence-electron chi connectivity index (χ0n) is 8.46. The molecular weight excluding hydrogens is 192 g/mol. The maximum absolute atomic E-state index is 5.43. The molecule has 1 heterocycles. The normalized spacial score (nSPS) is 9.93. The molecule has 15 heavy (non-hydrogen) atoms. The molecule has 2 rings (SSSR count). The Bertz CT molecular complexity index is 412. The van der Waals surface area contributed by atoms with Crippen molar-refractivity contribution in [1.82, 2.24) is 9.71 Å². The quantitative estimate of drug-likeness (QED) is 0.757. The minimum Gasteiger partial charge on any atom is -0.497 e. The summed E-state index contributed by atoms with van der Waals surface area (Å²) < 4.78 is 6.69. The van der Waals surface area contributed by atoms with Crippen LogP contribution in [0.5, 0.6) is 5.75 Å². The number of hydrogen-bond donors (Lipinski definition) is 0. The fourth-order valence-corrected chi connectivity index (χ4v) is 1.23. The smallest absolute Gasteiger partial charge is 0.140 e. The van der Waals surface area contributed by atoms with Gasteiger partial charge in [-0.3, -0.25) is 0 Å². The Hall–Kier alpha value is -1.97. The van der Waals surface area contributed by atoms with Crippen molar-refractivity contribution in [3.8, 4) is 5.75 Å². The lowest BCUT2D eigenvalue weighted by Crippen LogP contribution is -2.08. The average Bonchev–Trinajstić information content (AvgIpc) is 2.79. The summed E-state index contributed by atoms with van der Waals surface area (Å²) in [6.07, 6.45) is 5.03. The van der Waals surface area contributed by atoms with Crippen molar-refractivity contribution in [2.45, 2.75) is 6.61 Å². The molecule has 0 N–H and O–H groups in total. The molecule has 0 saturated heterocycles. The van der Waals surface area contributed by atoms with E-state index in [0.29, 0.717) is 6.61 Å². The highest BCUT2D eigenvalue weighted by atomic mass is 16.7.